The van der Waals surface area contributed by atoms with Gasteiger partial charge in [0.15, 0.2) is 0 Å². The second kappa shape index (κ2) is 5.63. The fourth-order valence-electron chi connectivity index (χ4n) is 1.54. The molecule has 0 aliphatic rings. The molecule has 5 heteroatoms. The number of nitrogens with zero attached hydrogens (tertiary/aromatic N) is 1. The van der Waals surface area contributed by atoms with Crippen molar-refractivity contribution in [2.24, 2.45) is 0 Å². The Morgan fingerprint density at radius 2 is 2.28 bits per heavy atom. The minimum absolute atomic E-state index is 0.0739. The Bertz CT molecular complexity index is 568. The van der Waals surface area contributed by atoms with Gasteiger partial charge in [-0.05, 0) is 32.0 Å². The number of hydrogen-bond acceptors (Lipinski definition) is 3. The molecule has 2 rings (SSSR count). The van der Waals surface area contributed by atoms with Gasteiger partial charge in [0.05, 0.1) is 6.04 Å². The number of aromatic nitrogens is 1. The minimum Gasteiger partial charge on any atom is -0.343 e. The molecule has 1 unspecified atom stereocenters. The topological polar surface area (TPSA) is 42.0 Å². The van der Waals surface area contributed by atoms with E-state index in [1.54, 1.807) is 23.5 Å². The smallest absolute Gasteiger partial charge is 0.251 e. The summed E-state index contributed by atoms with van der Waals surface area (Å²) >= 11 is 4.92. The van der Waals surface area contributed by atoms with Gasteiger partial charge in [-0.3, -0.25) is 4.79 Å². The number of carbonyl (C=O) groups excluding carboxylic acids is 1. The van der Waals surface area contributed by atoms with Crippen molar-refractivity contribution in [1.82, 2.24) is 10.3 Å². The van der Waals surface area contributed by atoms with E-state index in [1.165, 1.54) is 0 Å². The monoisotopic (exact) mass is 324 g/mol. The maximum atomic E-state index is 12.0. The van der Waals surface area contributed by atoms with Gasteiger partial charge < -0.3 is 5.32 Å². The first-order valence-corrected chi connectivity index (χ1v) is 7.22. The summed E-state index contributed by atoms with van der Waals surface area (Å²) in [5.41, 5.74) is 1.63. The van der Waals surface area contributed by atoms with Crippen LogP contribution >= 0.6 is 27.3 Å². The Morgan fingerprint density at radius 3 is 2.89 bits per heavy atom. The van der Waals surface area contributed by atoms with Crippen molar-refractivity contribution in [2.45, 2.75) is 19.9 Å². The van der Waals surface area contributed by atoms with Gasteiger partial charge in [0.1, 0.15) is 5.01 Å². The SMILES string of the molecule is Cc1csc(C(C)NC(=O)c2cccc(Br)c2)n1. The Morgan fingerprint density at radius 1 is 1.50 bits per heavy atom. The molecule has 18 heavy (non-hydrogen) atoms. The molecule has 0 saturated heterocycles. The Balaban J connectivity index is 2.08. The molecule has 0 saturated carbocycles. The molecular formula is C13H13BrN2OS. The van der Waals surface area contributed by atoms with Crippen molar-refractivity contribution in [3.05, 3.63) is 50.4 Å². The van der Waals surface area contributed by atoms with Crippen molar-refractivity contribution in [3.63, 3.8) is 0 Å². The molecular weight excluding hydrogens is 312 g/mol. The Labute approximate surface area is 118 Å². The van der Waals surface area contributed by atoms with Crippen LogP contribution in [0.5, 0.6) is 0 Å². The largest absolute Gasteiger partial charge is 0.343 e. The molecule has 0 aliphatic carbocycles. The molecule has 1 N–H and O–H groups in total. The molecule has 2 aromatic rings. The number of aryl methyl sites for hydroxylation is 1. The lowest BCUT2D eigenvalue weighted by Crippen LogP contribution is -2.26. The highest BCUT2D eigenvalue weighted by molar-refractivity contribution is 9.10. The zero-order valence-electron chi connectivity index (χ0n) is 10.1. The number of amides is 1. The predicted octanol–water partition coefficient (Wildman–Crippen LogP) is 3.71. The fourth-order valence-corrected chi connectivity index (χ4v) is 2.75. The van der Waals surface area contributed by atoms with Crippen molar-refractivity contribution < 1.29 is 4.79 Å². The molecule has 0 fully saturated rings. The van der Waals surface area contributed by atoms with Crippen molar-refractivity contribution >= 4 is 33.2 Å². The van der Waals surface area contributed by atoms with Crippen molar-refractivity contribution in [2.75, 3.05) is 0 Å². The lowest BCUT2D eigenvalue weighted by Gasteiger charge is -2.11. The van der Waals surface area contributed by atoms with Crippen LogP contribution in [-0.2, 0) is 0 Å². The van der Waals surface area contributed by atoms with Gasteiger partial charge in [-0.15, -0.1) is 11.3 Å². The molecule has 0 radical (unpaired) electrons. The molecule has 94 valence electrons. The molecule has 3 nitrogen and oxygen atoms in total. The fraction of sp³-hybridized carbons (Fsp3) is 0.231. The van der Waals surface area contributed by atoms with Crippen LogP contribution in [0.1, 0.15) is 34.0 Å². The third kappa shape index (κ3) is 3.17. The summed E-state index contributed by atoms with van der Waals surface area (Å²) in [6, 6.07) is 7.26. The second-order valence-electron chi connectivity index (χ2n) is 4.03. The van der Waals surface area contributed by atoms with Crippen LogP contribution in [0.25, 0.3) is 0 Å². The van der Waals surface area contributed by atoms with Crippen LogP contribution in [-0.4, -0.2) is 10.9 Å². The van der Waals surface area contributed by atoms with Gasteiger partial charge in [0.25, 0.3) is 5.91 Å². The number of carbonyl (C=O) groups is 1. The van der Waals surface area contributed by atoms with E-state index in [-0.39, 0.29) is 11.9 Å². The summed E-state index contributed by atoms with van der Waals surface area (Å²) in [5.74, 6) is -0.0864. The van der Waals surface area contributed by atoms with Crippen LogP contribution < -0.4 is 5.32 Å². The summed E-state index contributed by atoms with van der Waals surface area (Å²) in [5, 5.41) is 5.85. The quantitative estimate of drug-likeness (QED) is 0.935. The van der Waals surface area contributed by atoms with Gasteiger partial charge >= 0.3 is 0 Å². The summed E-state index contributed by atoms with van der Waals surface area (Å²) in [6.45, 7) is 3.89. The number of nitrogens with one attached hydrogen (secondary N) is 1. The average Bonchev–Trinajstić information content (AvgIpc) is 2.76. The third-order valence-electron chi connectivity index (χ3n) is 2.44. The normalized spacial score (nSPS) is 12.2. The average molecular weight is 325 g/mol. The van der Waals surface area contributed by atoms with Crippen LogP contribution in [0.3, 0.4) is 0 Å². The maximum absolute atomic E-state index is 12.0. The van der Waals surface area contributed by atoms with Gasteiger partial charge in [-0.2, -0.15) is 0 Å². The third-order valence-corrected chi connectivity index (χ3v) is 4.08. The number of rotatable bonds is 3. The zero-order chi connectivity index (χ0) is 13.1. The van der Waals surface area contributed by atoms with Gasteiger partial charge in [-0.1, -0.05) is 22.0 Å². The summed E-state index contributed by atoms with van der Waals surface area (Å²) in [6.07, 6.45) is 0. The number of benzene rings is 1. The number of thiazole rings is 1. The lowest BCUT2D eigenvalue weighted by atomic mass is 10.2. The predicted molar refractivity (Wildman–Crippen MR) is 76.9 cm³/mol. The van der Waals surface area contributed by atoms with E-state index in [1.807, 2.05) is 31.4 Å². The van der Waals surface area contributed by atoms with E-state index in [9.17, 15) is 4.79 Å². The second-order valence-corrected chi connectivity index (χ2v) is 5.84. The van der Waals surface area contributed by atoms with E-state index in [0.29, 0.717) is 5.56 Å². The lowest BCUT2D eigenvalue weighted by molar-refractivity contribution is 0.0939. The van der Waals surface area contributed by atoms with E-state index in [0.717, 1.165) is 15.2 Å². The number of halogens is 1. The number of hydrogen-bond donors (Lipinski definition) is 1. The molecule has 0 bridgehead atoms. The van der Waals surface area contributed by atoms with Gasteiger partial charge in [0.2, 0.25) is 0 Å². The van der Waals surface area contributed by atoms with Gasteiger partial charge in [0, 0.05) is 21.1 Å². The van der Waals surface area contributed by atoms with E-state index in [4.69, 9.17) is 0 Å². The summed E-state index contributed by atoms with van der Waals surface area (Å²) < 4.78 is 0.896. The standard InChI is InChI=1S/C13H13BrN2OS/c1-8-7-18-13(15-8)9(2)16-12(17)10-4-3-5-11(14)6-10/h3-7,9H,1-2H3,(H,16,17). The van der Waals surface area contributed by atoms with Crippen LogP contribution in [0.15, 0.2) is 34.1 Å². The molecule has 1 atom stereocenters. The summed E-state index contributed by atoms with van der Waals surface area (Å²) in [7, 11) is 0. The minimum atomic E-state index is -0.0864. The zero-order valence-corrected chi connectivity index (χ0v) is 12.5. The van der Waals surface area contributed by atoms with Crippen molar-refractivity contribution in [3.8, 4) is 0 Å². The highest BCUT2D eigenvalue weighted by atomic mass is 79.9. The Kier molecular flexibility index (Phi) is 4.14. The highest BCUT2D eigenvalue weighted by Crippen LogP contribution is 2.18. The van der Waals surface area contributed by atoms with E-state index >= 15 is 0 Å². The summed E-state index contributed by atoms with van der Waals surface area (Å²) in [4.78, 5) is 16.4. The Hall–Kier alpha value is -1.20. The molecule has 1 aromatic heterocycles. The van der Waals surface area contributed by atoms with E-state index < -0.39 is 0 Å². The molecule has 1 aromatic carbocycles. The van der Waals surface area contributed by atoms with Crippen molar-refractivity contribution in [1.29, 1.82) is 0 Å². The molecule has 0 aliphatic heterocycles. The molecule has 1 heterocycles. The van der Waals surface area contributed by atoms with Crippen LogP contribution in [0.4, 0.5) is 0 Å². The first-order valence-electron chi connectivity index (χ1n) is 5.54. The molecule has 0 spiro atoms. The first kappa shape index (κ1) is 13.2. The maximum Gasteiger partial charge on any atom is 0.251 e. The van der Waals surface area contributed by atoms with Gasteiger partial charge in [-0.25, -0.2) is 4.98 Å². The first-order chi connectivity index (χ1) is 8.56. The molecule has 1 amide bonds. The highest BCUT2D eigenvalue weighted by Gasteiger charge is 2.13. The van der Waals surface area contributed by atoms with Crippen LogP contribution in [0.2, 0.25) is 0 Å². The van der Waals surface area contributed by atoms with Crippen LogP contribution in [0, 0.1) is 6.92 Å². The van der Waals surface area contributed by atoms with E-state index in [2.05, 4.69) is 26.2 Å².